The first-order valence-electron chi connectivity index (χ1n) is 39.4. The van der Waals surface area contributed by atoms with Crippen LogP contribution in [0.4, 0.5) is 0 Å². The fourth-order valence-corrected chi connectivity index (χ4v) is 16.0. The Morgan fingerprint density at radius 1 is 0.267 bits per heavy atom. The summed E-state index contributed by atoms with van der Waals surface area (Å²) in [6.45, 7) is 5.55. The van der Waals surface area contributed by atoms with Crippen LogP contribution in [0.25, 0.3) is 10.8 Å². The molecule has 0 aliphatic heterocycles. The molecule has 686 valence electrons. The van der Waals surface area contributed by atoms with Gasteiger partial charge in [0.05, 0.1) is 15.4 Å². The number of sulfone groups is 1. The van der Waals surface area contributed by atoms with Gasteiger partial charge in [-0.1, -0.05) is 141 Å². The van der Waals surface area contributed by atoms with E-state index in [0.29, 0.717) is 84.5 Å². The first kappa shape index (κ1) is 109. The number of benzene rings is 14. The number of halogens is 13. The lowest BCUT2D eigenvalue weighted by Crippen LogP contribution is -2.19. The van der Waals surface area contributed by atoms with Gasteiger partial charge in [-0.2, -0.15) is 0 Å². The second-order valence-electron chi connectivity index (χ2n) is 28.9. The minimum absolute atomic E-state index is 0.0553. The number of ether oxygens (including phenoxy) is 1. The number of carbonyl (C=O) groups is 14. The van der Waals surface area contributed by atoms with Gasteiger partial charge in [0, 0.05) is 87.5 Å². The fraction of sp³-hybridized carbons (Fsp3) is 0.0680. The predicted octanol–water partition coefficient (Wildman–Crippen LogP) is 28.6. The summed E-state index contributed by atoms with van der Waals surface area (Å²) in [6, 6.07) is 91.3. The number of Topliss-reactive ketones (excluding diaryl/α,β-unsaturated/α-hetero) is 1. The van der Waals surface area contributed by atoms with Crippen LogP contribution >= 0.6 is 163 Å². The molecule has 135 heavy (non-hydrogen) atoms. The molecule has 0 bridgehead atoms. The first-order valence-corrected chi connectivity index (χ1v) is 46.6. The molecule has 0 heterocycles. The van der Waals surface area contributed by atoms with E-state index in [1.165, 1.54) is 73.3 Å². The number of aryl methyl sites for hydroxylation is 2. The van der Waals surface area contributed by atoms with E-state index in [4.69, 9.17) is 156 Å². The number of ketones is 1. The standard InChI is InChI=1S/C17H14Cl2O2.C16H12Cl2O2.C15H10Cl2O2.C15H11ClO4S.C14H8Cl2O3.C14H8Cl2O2S.C12H6Cl2O2/c1-17(2,13-7-3-11(4-8-13)15(18)20)14-9-5-12(6-10-14)16(19)21;17-15(19)13-7-3-11(4-8-13)1-2-12-5-9-14(10-6-12)16(18)20;16-14(18)12-5-1-10(2-6-12)9-11-3-7-13(8-4-11)15(17)19;1-10(17)11-2-6-13(7-3-11)21(19,20)14-8-4-12(5-9-14)15(16)18;2*15-13(17)9-1-5-11(6-2-9)19-12-7-3-10(4-8-12)14(16)18;13-11(15)9-6-5-7-3-1-2-4-8(7)10(9)12(14)16/h3-10H,1-2H3;3-10H,1-2H2;1-8H,9H2;2-9H,1H3;2*1-8H;1-6H. The molecule has 32 heteroatoms. The molecule has 0 spiro atoms. The molecule has 0 saturated heterocycles. The van der Waals surface area contributed by atoms with Gasteiger partial charge in [0.25, 0.3) is 68.2 Å². The molecular weight excluding hydrogens is 2030 g/mol. The van der Waals surface area contributed by atoms with Crippen molar-refractivity contribution in [1.82, 2.24) is 0 Å². The molecule has 0 aliphatic carbocycles. The van der Waals surface area contributed by atoms with Crippen LogP contribution in [-0.2, 0) is 34.5 Å². The van der Waals surface area contributed by atoms with Crippen LogP contribution in [0.2, 0.25) is 0 Å². The van der Waals surface area contributed by atoms with E-state index in [1.54, 1.807) is 164 Å². The van der Waals surface area contributed by atoms with Crippen LogP contribution in [0.15, 0.2) is 347 Å². The zero-order chi connectivity index (χ0) is 99.0. The van der Waals surface area contributed by atoms with E-state index in [1.807, 2.05) is 109 Å². The summed E-state index contributed by atoms with van der Waals surface area (Å²) in [5, 5.41) is -5.27. The van der Waals surface area contributed by atoms with E-state index in [0.717, 1.165) is 61.4 Å². The Labute approximate surface area is 845 Å². The summed E-state index contributed by atoms with van der Waals surface area (Å²) in [7, 11) is -3.69. The first-order chi connectivity index (χ1) is 64.0. The highest BCUT2D eigenvalue weighted by molar-refractivity contribution is 7.99. The molecule has 0 atom stereocenters. The van der Waals surface area contributed by atoms with Crippen molar-refractivity contribution < 1.29 is 80.3 Å². The van der Waals surface area contributed by atoms with Crippen molar-refractivity contribution >= 4 is 257 Å². The van der Waals surface area contributed by atoms with E-state index < -0.39 is 78.0 Å². The molecule has 0 N–H and O–H groups in total. The van der Waals surface area contributed by atoms with Gasteiger partial charge in [-0.05, 0) is 433 Å². The molecule has 0 aliphatic rings. The van der Waals surface area contributed by atoms with Gasteiger partial charge in [-0.3, -0.25) is 67.1 Å². The molecule has 0 radical (unpaired) electrons. The van der Waals surface area contributed by atoms with Crippen LogP contribution < -0.4 is 4.74 Å². The highest BCUT2D eigenvalue weighted by Crippen LogP contribution is 2.34. The average Bonchev–Trinajstić information content (AvgIpc) is 0.801. The molecule has 14 rings (SSSR count). The normalized spacial score (nSPS) is 10.5. The van der Waals surface area contributed by atoms with Gasteiger partial charge in [0.2, 0.25) is 9.84 Å². The Hall–Kier alpha value is -11.4. The second kappa shape index (κ2) is 52.6. The van der Waals surface area contributed by atoms with Gasteiger partial charge < -0.3 is 4.74 Å². The number of carbonyl (C=O) groups excluding carboxylic acids is 14. The Kier molecular flexibility index (Phi) is 42.5. The van der Waals surface area contributed by atoms with Gasteiger partial charge in [0.15, 0.2) is 5.78 Å². The maximum Gasteiger partial charge on any atom is 0.253 e. The molecule has 14 aromatic rings. The Morgan fingerprint density at radius 3 is 0.778 bits per heavy atom. The molecule has 0 amide bonds. The van der Waals surface area contributed by atoms with E-state index >= 15 is 0 Å². The summed E-state index contributed by atoms with van der Waals surface area (Å²) in [5.41, 5.74) is 11.8. The van der Waals surface area contributed by atoms with Crippen molar-refractivity contribution in [1.29, 1.82) is 0 Å². The summed E-state index contributed by atoms with van der Waals surface area (Å²) in [4.78, 5) is 156. The fourth-order valence-electron chi connectivity index (χ4n) is 12.1. The zero-order valence-electron chi connectivity index (χ0n) is 70.5. The maximum absolute atomic E-state index is 12.4. The topological polar surface area (TPSA) is 282 Å². The lowest BCUT2D eigenvalue weighted by atomic mass is 9.78. The molecule has 17 nitrogen and oxygen atoms in total. The molecule has 14 aromatic carbocycles. The quantitative estimate of drug-likeness (QED) is 0.0341. The Morgan fingerprint density at radius 2 is 0.511 bits per heavy atom. The summed E-state index contributed by atoms with van der Waals surface area (Å²) >= 11 is 71.6. The summed E-state index contributed by atoms with van der Waals surface area (Å²) < 4.78 is 30.3. The van der Waals surface area contributed by atoms with E-state index in [9.17, 15) is 75.5 Å². The summed E-state index contributed by atoms with van der Waals surface area (Å²) in [6.07, 6.45) is 2.42. The molecular formula is C103H69Cl13O17S2. The van der Waals surface area contributed by atoms with Gasteiger partial charge in [-0.15, -0.1) is 0 Å². The van der Waals surface area contributed by atoms with Crippen molar-refractivity contribution in [2.75, 3.05) is 0 Å². The van der Waals surface area contributed by atoms with E-state index in [-0.39, 0.29) is 37.7 Å². The largest absolute Gasteiger partial charge is 0.457 e. The molecule has 0 fully saturated rings. The molecule has 0 saturated carbocycles. The lowest BCUT2D eigenvalue weighted by molar-refractivity contribution is 0.101. The van der Waals surface area contributed by atoms with Gasteiger partial charge >= 0.3 is 0 Å². The number of hydrogen-bond donors (Lipinski definition) is 0. The molecule has 0 aromatic heterocycles. The van der Waals surface area contributed by atoms with Crippen LogP contribution in [-0.4, -0.2) is 82.4 Å². The number of hydrogen-bond acceptors (Lipinski definition) is 18. The third-order valence-electron chi connectivity index (χ3n) is 19.6. The average molecular weight is 2100 g/mol. The smallest absolute Gasteiger partial charge is 0.253 e. The van der Waals surface area contributed by atoms with Crippen LogP contribution in [0.1, 0.15) is 199 Å². The van der Waals surface area contributed by atoms with Crippen molar-refractivity contribution in [2.45, 2.75) is 65.0 Å². The Balaban J connectivity index is 0.000000194. The highest BCUT2D eigenvalue weighted by Gasteiger charge is 2.25. The van der Waals surface area contributed by atoms with Gasteiger partial charge in [0.1, 0.15) is 11.5 Å². The van der Waals surface area contributed by atoms with Crippen LogP contribution in [0.3, 0.4) is 0 Å². The lowest BCUT2D eigenvalue weighted by Gasteiger charge is -2.26. The van der Waals surface area contributed by atoms with Crippen molar-refractivity contribution in [3.05, 3.63) is 439 Å². The monoisotopic (exact) mass is 2100 g/mol. The maximum atomic E-state index is 12.4. The third kappa shape index (κ3) is 33.8. The third-order valence-corrected chi connectivity index (χ3v) is 25.2. The van der Waals surface area contributed by atoms with Crippen molar-refractivity contribution in [3.8, 4) is 11.5 Å². The summed E-state index contributed by atoms with van der Waals surface area (Å²) in [5.74, 6) is 0.988. The number of fused-ring (bicyclic) bond motifs is 1. The minimum atomic E-state index is -3.69. The minimum Gasteiger partial charge on any atom is -0.457 e. The van der Waals surface area contributed by atoms with Gasteiger partial charge in [-0.25, -0.2) is 8.42 Å². The highest BCUT2D eigenvalue weighted by atomic mass is 35.5. The predicted molar refractivity (Wildman–Crippen MR) is 536 cm³/mol. The Bertz CT molecular complexity index is 6180. The SMILES string of the molecule is CC(=O)c1ccc(S(=O)(=O)c2ccc(C(=O)Cl)cc2)cc1.CC(C)(c1ccc(C(=O)Cl)cc1)c1ccc(C(=O)Cl)cc1.O=C(Cl)c1ccc(CCc2ccc(C(=O)Cl)cc2)cc1.O=C(Cl)c1ccc(Cc2ccc(C(=O)Cl)cc2)cc1.O=C(Cl)c1ccc(Oc2ccc(C(=O)Cl)cc2)cc1.O=C(Cl)c1ccc(Sc2ccc(C(=O)Cl)cc2)cc1.O=C(Cl)c1ccc2ccccc2c1C(=O)Cl. The van der Waals surface area contributed by atoms with Crippen LogP contribution in [0.5, 0.6) is 11.5 Å². The zero-order valence-corrected chi connectivity index (χ0v) is 81.9. The van der Waals surface area contributed by atoms with Crippen molar-refractivity contribution in [3.63, 3.8) is 0 Å². The number of rotatable bonds is 27. The van der Waals surface area contributed by atoms with Crippen LogP contribution in [0, 0.1) is 0 Å². The second-order valence-corrected chi connectivity index (χ2v) is 36.5. The molecule has 0 unspecified atom stereocenters. The van der Waals surface area contributed by atoms with Crippen molar-refractivity contribution in [2.24, 2.45) is 0 Å². The van der Waals surface area contributed by atoms with E-state index in [2.05, 4.69) is 13.8 Å².